The molecule has 0 fully saturated rings. The predicted octanol–water partition coefficient (Wildman–Crippen LogP) is 2.59. The van der Waals surface area contributed by atoms with E-state index in [0.717, 1.165) is 0 Å². The summed E-state index contributed by atoms with van der Waals surface area (Å²) in [4.78, 5) is 20.0. The maximum atomic E-state index is 12.4. The number of hydrogen-bond donors (Lipinski definition) is 2. The third kappa shape index (κ3) is 3.77. The average Bonchev–Trinajstić information content (AvgIpc) is 3.13. The van der Waals surface area contributed by atoms with Gasteiger partial charge in [0.25, 0.3) is 0 Å². The number of benzene rings is 1. The number of anilines is 1. The smallest absolute Gasteiger partial charge is 0.387 e. The second-order valence-electron chi connectivity index (χ2n) is 4.48. The molecule has 10 heteroatoms. The molecule has 0 saturated heterocycles. The second kappa shape index (κ2) is 6.65. The van der Waals surface area contributed by atoms with Crippen molar-refractivity contribution in [3.05, 3.63) is 30.4 Å². The summed E-state index contributed by atoms with van der Waals surface area (Å²) in [6.45, 7) is -2.93. The SMILES string of the molecule is O=C(CCc1ncn[nH]1)Nc1nc2c(OC(F)F)cccc2s1. The molecule has 0 aliphatic heterocycles. The van der Waals surface area contributed by atoms with Gasteiger partial charge in [-0.15, -0.1) is 0 Å². The molecule has 3 rings (SSSR count). The average molecular weight is 339 g/mol. The van der Waals surface area contributed by atoms with Gasteiger partial charge >= 0.3 is 6.61 Å². The molecule has 0 aliphatic rings. The van der Waals surface area contributed by atoms with Gasteiger partial charge in [0.2, 0.25) is 5.91 Å². The molecule has 0 unspecified atom stereocenters. The maximum Gasteiger partial charge on any atom is 0.387 e. The zero-order valence-electron chi connectivity index (χ0n) is 11.6. The van der Waals surface area contributed by atoms with E-state index in [1.165, 1.54) is 23.7 Å². The Labute approximate surface area is 132 Å². The molecular formula is C13H11F2N5O2S. The fraction of sp³-hybridized carbons (Fsp3) is 0.231. The zero-order valence-corrected chi connectivity index (χ0v) is 12.4. The van der Waals surface area contributed by atoms with E-state index in [-0.39, 0.29) is 18.1 Å². The number of alkyl halides is 2. The van der Waals surface area contributed by atoms with Crippen LogP contribution in [0, 0.1) is 0 Å². The van der Waals surface area contributed by atoms with Crippen molar-refractivity contribution in [3.8, 4) is 5.75 Å². The van der Waals surface area contributed by atoms with Crippen molar-refractivity contribution in [3.63, 3.8) is 0 Å². The Morgan fingerprint density at radius 3 is 3.04 bits per heavy atom. The van der Waals surface area contributed by atoms with E-state index in [1.807, 2.05) is 0 Å². The molecule has 0 bridgehead atoms. The van der Waals surface area contributed by atoms with E-state index >= 15 is 0 Å². The Balaban J connectivity index is 1.69. The van der Waals surface area contributed by atoms with Crippen molar-refractivity contribution >= 4 is 32.6 Å². The summed E-state index contributed by atoms with van der Waals surface area (Å²) in [6, 6.07) is 4.72. The number of amides is 1. The first-order valence-electron chi connectivity index (χ1n) is 6.60. The largest absolute Gasteiger partial charge is 0.432 e. The summed E-state index contributed by atoms with van der Waals surface area (Å²) in [7, 11) is 0. The molecule has 0 saturated carbocycles. The van der Waals surface area contributed by atoms with E-state index in [4.69, 9.17) is 0 Å². The quantitative estimate of drug-likeness (QED) is 0.720. The van der Waals surface area contributed by atoms with Crippen LogP contribution < -0.4 is 10.1 Å². The maximum absolute atomic E-state index is 12.4. The number of carbonyl (C=O) groups excluding carboxylic acids is 1. The van der Waals surface area contributed by atoms with Crippen LogP contribution in [0.15, 0.2) is 24.5 Å². The molecule has 1 aromatic carbocycles. The van der Waals surface area contributed by atoms with E-state index < -0.39 is 6.61 Å². The van der Waals surface area contributed by atoms with Crippen LogP contribution in [0.3, 0.4) is 0 Å². The van der Waals surface area contributed by atoms with Crippen LogP contribution in [0.25, 0.3) is 10.2 Å². The summed E-state index contributed by atoms with van der Waals surface area (Å²) >= 11 is 1.19. The predicted molar refractivity (Wildman–Crippen MR) is 79.6 cm³/mol. The molecule has 2 heterocycles. The van der Waals surface area contributed by atoms with E-state index in [0.29, 0.717) is 27.6 Å². The number of aromatic nitrogens is 4. The molecule has 120 valence electrons. The first-order chi connectivity index (χ1) is 11.1. The number of nitrogens with one attached hydrogen (secondary N) is 2. The molecule has 0 atom stereocenters. The van der Waals surface area contributed by atoms with Crippen molar-refractivity contribution in [1.29, 1.82) is 0 Å². The monoisotopic (exact) mass is 339 g/mol. The molecule has 23 heavy (non-hydrogen) atoms. The molecular weight excluding hydrogens is 328 g/mol. The van der Waals surface area contributed by atoms with Crippen LogP contribution in [-0.2, 0) is 11.2 Å². The Kier molecular flexibility index (Phi) is 4.42. The Morgan fingerprint density at radius 1 is 1.43 bits per heavy atom. The van der Waals surface area contributed by atoms with E-state index in [1.54, 1.807) is 12.1 Å². The number of hydrogen-bond acceptors (Lipinski definition) is 6. The molecule has 2 N–H and O–H groups in total. The zero-order chi connectivity index (χ0) is 16.2. The fourth-order valence-electron chi connectivity index (χ4n) is 1.93. The fourth-order valence-corrected chi connectivity index (χ4v) is 2.83. The minimum absolute atomic E-state index is 0.0177. The Morgan fingerprint density at radius 2 is 2.30 bits per heavy atom. The van der Waals surface area contributed by atoms with Gasteiger partial charge in [-0.05, 0) is 12.1 Å². The number of H-pyrrole nitrogens is 1. The summed E-state index contributed by atoms with van der Waals surface area (Å²) in [6.07, 6.45) is 1.98. The lowest BCUT2D eigenvalue weighted by atomic mass is 10.3. The Bertz CT molecular complexity index is 806. The molecule has 0 radical (unpaired) electrons. The molecule has 1 amide bonds. The number of rotatable bonds is 6. The highest BCUT2D eigenvalue weighted by Crippen LogP contribution is 2.33. The van der Waals surface area contributed by atoms with E-state index in [2.05, 4.69) is 30.2 Å². The Hall–Kier alpha value is -2.62. The molecule has 3 aromatic rings. The normalized spacial score (nSPS) is 11.1. The van der Waals surface area contributed by atoms with Gasteiger partial charge in [-0.3, -0.25) is 9.89 Å². The van der Waals surface area contributed by atoms with Crippen molar-refractivity contribution in [2.75, 3.05) is 5.32 Å². The van der Waals surface area contributed by atoms with Gasteiger partial charge < -0.3 is 10.1 Å². The van der Waals surface area contributed by atoms with Crippen molar-refractivity contribution < 1.29 is 18.3 Å². The van der Waals surface area contributed by atoms with Crippen molar-refractivity contribution in [2.45, 2.75) is 19.5 Å². The number of ether oxygens (including phenoxy) is 1. The van der Waals surface area contributed by atoms with Gasteiger partial charge in [0.05, 0.1) is 4.70 Å². The van der Waals surface area contributed by atoms with Crippen LogP contribution in [0.2, 0.25) is 0 Å². The van der Waals surface area contributed by atoms with E-state index in [9.17, 15) is 13.6 Å². The number of aryl methyl sites for hydroxylation is 1. The number of halogens is 2. The van der Waals surface area contributed by atoms with Gasteiger partial charge in [-0.25, -0.2) is 9.97 Å². The van der Waals surface area contributed by atoms with Crippen LogP contribution in [0.4, 0.5) is 13.9 Å². The van der Waals surface area contributed by atoms with Crippen LogP contribution in [-0.4, -0.2) is 32.7 Å². The first-order valence-corrected chi connectivity index (χ1v) is 7.42. The molecule has 2 aromatic heterocycles. The highest BCUT2D eigenvalue weighted by Gasteiger charge is 2.14. The standard InChI is InChI=1S/C13H11F2N5O2S/c14-12(15)22-7-2-1-3-8-11(7)19-13(23-8)18-10(21)5-4-9-16-6-17-20-9/h1-3,6,12H,4-5H2,(H,16,17,20)(H,18,19,21). The van der Waals surface area contributed by atoms with Crippen LogP contribution >= 0.6 is 11.3 Å². The highest BCUT2D eigenvalue weighted by atomic mass is 32.1. The van der Waals surface area contributed by atoms with Crippen molar-refractivity contribution in [2.24, 2.45) is 0 Å². The molecule has 7 nitrogen and oxygen atoms in total. The first kappa shape index (κ1) is 15.3. The number of para-hydroxylation sites is 1. The number of carbonyl (C=O) groups is 1. The number of nitrogens with zero attached hydrogens (tertiary/aromatic N) is 3. The lowest BCUT2D eigenvalue weighted by molar-refractivity contribution is -0.116. The lowest BCUT2D eigenvalue weighted by Crippen LogP contribution is -2.12. The third-order valence-corrected chi connectivity index (χ3v) is 3.83. The highest BCUT2D eigenvalue weighted by molar-refractivity contribution is 7.22. The topological polar surface area (TPSA) is 92.8 Å². The number of fused-ring (bicyclic) bond motifs is 1. The molecule has 0 spiro atoms. The minimum Gasteiger partial charge on any atom is -0.432 e. The van der Waals surface area contributed by atoms with Crippen LogP contribution in [0.1, 0.15) is 12.2 Å². The van der Waals surface area contributed by atoms with Crippen molar-refractivity contribution in [1.82, 2.24) is 20.2 Å². The third-order valence-electron chi connectivity index (χ3n) is 2.90. The number of thiazole rings is 1. The summed E-state index contributed by atoms with van der Waals surface area (Å²) in [5, 5.41) is 9.32. The van der Waals surface area contributed by atoms with Gasteiger partial charge in [0.15, 0.2) is 10.9 Å². The lowest BCUT2D eigenvalue weighted by Gasteiger charge is -2.03. The summed E-state index contributed by atoms with van der Waals surface area (Å²) in [5.41, 5.74) is 0.295. The van der Waals surface area contributed by atoms with Gasteiger partial charge in [0, 0.05) is 12.8 Å². The molecule has 0 aliphatic carbocycles. The summed E-state index contributed by atoms with van der Waals surface area (Å²) in [5.74, 6) is 0.338. The van der Waals surface area contributed by atoms with Gasteiger partial charge in [0.1, 0.15) is 17.7 Å². The minimum atomic E-state index is -2.93. The number of aromatic amines is 1. The summed E-state index contributed by atoms with van der Waals surface area (Å²) < 4.78 is 29.8. The van der Waals surface area contributed by atoms with Gasteiger partial charge in [-0.1, -0.05) is 17.4 Å². The second-order valence-corrected chi connectivity index (χ2v) is 5.51. The van der Waals surface area contributed by atoms with Gasteiger partial charge in [-0.2, -0.15) is 13.9 Å². The van der Waals surface area contributed by atoms with Crippen LogP contribution in [0.5, 0.6) is 5.75 Å².